The third-order valence-corrected chi connectivity index (χ3v) is 7.64. The largest absolute Gasteiger partial charge is 0.442 e. The van der Waals surface area contributed by atoms with E-state index in [0.29, 0.717) is 30.8 Å². The van der Waals surface area contributed by atoms with Crippen molar-refractivity contribution in [3.05, 3.63) is 24.4 Å². The van der Waals surface area contributed by atoms with Crippen LogP contribution in [0.1, 0.15) is 51.4 Å². The van der Waals surface area contributed by atoms with Crippen molar-refractivity contribution >= 4 is 15.9 Å². The number of amides is 1. The Morgan fingerprint density at radius 1 is 1.10 bits per heavy atom. The van der Waals surface area contributed by atoms with Crippen LogP contribution in [0.25, 0.3) is 11.5 Å². The molecule has 8 nitrogen and oxygen atoms in total. The van der Waals surface area contributed by atoms with Crippen molar-refractivity contribution in [2.45, 2.75) is 62.5 Å². The first-order chi connectivity index (χ1) is 14.0. The van der Waals surface area contributed by atoms with Crippen LogP contribution in [0.15, 0.2) is 33.9 Å². The standard InChI is InChI=1S/C20H28N4O4S/c25-20(22-16-7-3-1-2-4-8-16)15-6-5-13-24(14-15)29(26,27)19-10-9-18(28-19)17-11-12-21-23-17/h9-12,15-16H,1-8,13-14H2,(H,21,23)(H,22,25). The first-order valence-electron chi connectivity index (χ1n) is 10.4. The van der Waals surface area contributed by atoms with Crippen LogP contribution in [0.4, 0.5) is 0 Å². The number of hydrogen-bond donors (Lipinski definition) is 2. The lowest BCUT2D eigenvalue weighted by atomic mass is 9.97. The highest BCUT2D eigenvalue weighted by Gasteiger charge is 2.35. The van der Waals surface area contributed by atoms with Gasteiger partial charge in [-0.05, 0) is 43.9 Å². The maximum absolute atomic E-state index is 13.0. The Labute approximate surface area is 171 Å². The third kappa shape index (κ3) is 4.56. The van der Waals surface area contributed by atoms with Crippen LogP contribution in [0.3, 0.4) is 0 Å². The number of nitrogens with one attached hydrogen (secondary N) is 2. The van der Waals surface area contributed by atoms with Crippen LogP contribution in [-0.2, 0) is 14.8 Å². The number of H-pyrrole nitrogens is 1. The predicted octanol–water partition coefficient (Wildman–Crippen LogP) is 2.91. The van der Waals surface area contributed by atoms with E-state index in [1.807, 2.05) is 0 Å². The van der Waals surface area contributed by atoms with Gasteiger partial charge in [0.15, 0.2) is 5.76 Å². The summed E-state index contributed by atoms with van der Waals surface area (Å²) in [6, 6.07) is 5.00. The molecule has 2 N–H and O–H groups in total. The monoisotopic (exact) mass is 420 g/mol. The number of carbonyl (C=O) groups is 1. The Morgan fingerprint density at radius 2 is 1.90 bits per heavy atom. The Hall–Kier alpha value is -2.13. The molecule has 1 saturated carbocycles. The van der Waals surface area contributed by atoms with Crippen molar-refractivity contribution in [3.8, 4) is 11.5 Å². The molecule has 0 radical (unpaired) electrons. The van der Waals surface area contributed by atoms with Gasteiger partial charge in [-0.3, -0.25) is 9.89 Å². The molecule has 3 heterocycles. The Morgan fingerprint density at radius 3 is 2.62 bits per heavy atom. The number of carbonyl (C=O) groups excluding carboxylic acids is 1. The van der Waals surface area contributed by atoms with Crippen molar-refractivity contribution in [2.75, 3.05) is 13.1 Å². The second-order valence-electron chi connectivity index (χ2n) is 7.99. The first kappa shape index (κ1) is 20.2. The SMILES string of the molecule is O=C(NC1CCCCCC1)C1CCCN(S(=O)(=O)c2ccc(-c3ccn[nH]3)o2)C1. The fraction of sp³-hybridized carbons (Fsp3) is 0.600. The van der Waals surface area contributed by atoms with E-state index in [1.165, 1.54) is 23.2 Å². The predicted molar refractivity (Wildman–Crippen MR) is 107 cm³/mol. The minimum Gasteiger partial charge on any atom is -0.442 e. The molecule has 1 amide bonds. The minimum absolute atomic E-state index is 0.0191. The Kier molecular flexibility index (Phi) is 6.05. The molecular weight excluding hydrogens is 392 g/mol. The number of furan rings is 1. The summed E-state index contributed by atoms with van der Waals surface area (Å²) in [5.74, 6) is 0.0824. The molecule has 0 aromatic carbocycles. The second-order valence-corrected chi connectivity index (χ2v) is 9.86. The zero-order valence-corrected chi connectivity index (χ0v) is 17.3. The topological polar surface area (TPSA) is 108 Å². The molecule has 2 aromatic heterocycles. The van der Waals surface area contributed by atoms with Gasteiger partial charge in [0.25, 0.3) is 10.0 Å². The van der Waals surface area contributed by atoms with E-state index in [-0.39, 0.29) is 29.5 Å². The van der Waals surface area contributed by atoms with Crippen molar-refractivity contribution in [3.63, 3.8) is 0 Å². The molecule has 0 bridgehead atoms. The maximum atomic E-state index is 13.0. The number of aromatic amines is 1. The summed E-state index contributed by atoms with van der Waals surface area (Å²) in [6.07, 6.45) is 9.73. The first-order valence-corrected chi connectivity index (χ1v) is 11.9. The fourth-order valence-electron chi connectivity index (χ4n) is 4.24. The molecule has 2 aliphatic rings. The number of nitrogens with zero attached hydrogens (tertiary/aromatic N) is 2. The summed E-state index contributed by atoms with van der Waals surface area (Å²) in [5.41, 5.74) is 0.616. The molecule has 1 aliphatic carbocycles. The molecule has 158 valence electrons. The number of piperidine rings is 1. The maximum Gasteiger partial charge on any atom is 0.276 e. The molecule has 1 aliphatic heterocycles. The zero-order chi connectivity index (χ0) is 20.3. The number of sulfonamides is 1. The van der Waals surface area contributed by atoms with Gasteiger partial charge in [0, 0.05) is 25.3 Å². The Bertz CT molecular complexity index is 914. The van der Waals surface area contributed by atoms with Crippen LogP contribution in [0.5, 0.6) is 0 Å². The van der Waals surface area contributed by atoms with Crippen molar-refractivity contribution in [1.29, 1.82) is 0 Å². The highest BCUT2D eigenvalue weighted by molar-refractivity contribution is 7.89. The second kappa shape index (κ2) is 8.71. The molecule has 29 heavy (non-hydrogen) atoms. The van der Waals surface area contributed by atoms with Crippen LogP contribution in [0.2, 0.25) is 0 Å². The summed E-state index contributed by atoms with van der Waals surface area (Å²) >= 11 is 0. The van der Waals surface area contributed by atoms with Gasteiger partial charge in [0.05, 0.1) is 5.92 Å². The van der Waals surface area contributed by atoms with Crippen molar-refractivity contribution < 1.29 is 17.6 Å². The number of aromatic nitrogens is 2. The highest BCUT2D eigenvalue weighted by Crippen LogP contribution is 2.28. The quantitative estimate of drug-likeness (QED) is 0.723. The molecular formula is C20H28N4O4S. The fourth-order valence-corrected chi connectivity index (χ4v) is 5.68. The van der Waals surface area contributed by atoms with Crippen LogP contribution < -0.4 is 5.32 Å². The summed E-state index contributed by atoms with van der Waals surface area (Å²) in [5, 5.41) is 9.67. The Balaban J connectivity index is 1.42. The number of hydrogen-bond acceptors (Lipinski definition) is 5. The summed E-state index contributed by atoms with van der Waals surface area (Å²) in [7, 11) is -3.79. The molecule has 4 rings (SSSR count). The van der Waals surface area contributed by atoms with E-state index in [0.717, 1.165) is 25.7 Å². The van der Waals surface area contributed by atoms with Gasteiger partial charge in [-0.1, -0.05) is 25.7 Å². The number of rotatable bonds is 5. The van der Waals surface area contributed by atoms with E-state index in [4.69, 9.17) is 4.42 Å². The molecule has 1 unspecified atom stereocenters. The summed E-state index contributed by atoms with van der Waals surface area (Å²) in [4.78, 5) is 12.8. The highest BCUT2D eigenvalue weighted by atomic mass is 32.2. The average Bonchev–Trinajstić information content (AvgIpc) is 3.37. The molecule has 2 aromatic rings. The van der Waals surface area contributed by atoms with Crippen LogP contribution in [-0.4, -0.2) is 48.0 Å². The van der Waals surface area contributed by atoms with Gasteiger partial charge in [0.1, 0.15) is 5.69 Å². The lowest BCUT2D eigenvalue weighted by Gasteiger charge is -2.31. The van der Waals surface area contributed by atoms with E-state index < -0.39 is 10.0 Å². The molecule has 0 spiro atoms. The third-order valence-electron chi connectivity index (χ3n) is 5.90. The van der Waals surface area contributed by atoms with E-state index in [1.54, 1.807) is 18.3 Å². The van der Waals surface area contributed by atoms with Crippen LogP contribution >= 0.6 is 0 Å². The van der Waals surface area contributed by atoms with Gasteiger partial charge < -0.3 is 9.73 Å². The lowest BCUT2D eigenvalue weighted by molar-refractivity contribution is -0.126. The minimum atomic E-state index is -3.79. The van der Waals surface area contributed by atoms with Gasteiger partial charge in [0.2, 0.25) is 11.0 Å². The molecule has 2 fully saturated rings. The lowest BCUT2D eigenvalue weighted by Crippen LogP contribution is -2.47. The van der Waals surface area contributed by atoms with E-state index in [2.05, 4.69) is 15.5 Å². The van der Waals surface area contributed by atoms with Crippen molar-refractivity contribution in [2.24, 2.45) is 5.92 Å². The van der Waals surface area contributed by atoms with E-state index in [9.17, 15) is 13.2 Å². The van der Waals surface area contributed by atoms with Gasteiger partial charge in [-0.15, -0.1) is 0 Å². The summed E-state index contributed by atoms with van der Waals surface area (Å²) < 4.78 is 33.1. The van der Waals surface area contributed by atoms with Gasteiger partial charge in [-0.25, -0.2) is 8.42 Å². The molecule has 1 atom stereocenters. The van der Waals surface area contributed by atoms with Crippen molar-refractivity contribution in [1.82, 2.24) is 19.8 Å². The normalized spacial score (nSPS) is 22.3. The summed E-state index contributed by atoms with van der Waals surface area (Å²) in [6.45, 7) is 0.594. The average molecular weight is 421 g/mol. The zero-order valence-electron chi connectivity index (χ0n) is 16.5. The smallest absolute Gasteiger partial charge is 0.276 e. The van der Waals surface area contributed by atoms with Crippen LogP contribution in [0, 0.1) is 5.92 Å². The van der Waals surface area contributed by atoms with Gasteiger partial charge >= 0.3 is 0 Å². The van der Waals surface area contributed by atoms with E-state index >= 15 is 0 Å². The van der Waals surface area contributed by atoms with Gasteiger partial charge in [-0.2, -0.15) is 9.40 Å². The molecule has 1 saturated heterocycles. The molecule has 9 heteroatoms.